The fourth-order valence-electron chi connectivity index (χ4n) is 3.13. The van der Waals surface area contributed by atoms with Crippen LogP contribution in [0.2, 0.25) is 0 Å². The lowest BCUT2D eigenvalue weighted by molar-refractivity contribution is -0.143. The van der Waals surface area contributed by atoms with Crippen molar-refractivity contribution in [1.82, 2.24) is 10.2 Å². The molecule has 1 aliphatic heterocycles. The Kier molecular flexibility index (Phi) is 4.78. The minimum Gasteiger partial charge on any atom is -0.481 e. The second-order valence-electron chi connectivity index (χ2n) is 7.76. The molecule has 0 aromatic carbocycles. The number of rotatable bonds is 5. The lowest BCUT2D eigenvalue weighted by atomic mass is 9.92. The molecule has 1 heterocycles. The van der Waals surface area contributed by atoms with Gasteiger partial charge in [0, 0.05) is 19.5 Å². The van der Waals surface area contributed by atoms with Gasteiger partial charge in [-0.15, -0.1) is 0 Å². The Balaban J connectivity index is 1.83. The molecule has 0 aromatic heterocycles. The Labute approximate surface area is 131 Å². The molecule has 124 valence electrons. The highest BCUT2D eigenvalue weighted by Crippen LogP contribution is 2.44. The van der Waals surface area contributed by atoms with E-state index in [1.807, 2.05) is 20.8 Å². The van der Waals surface area contributed by atoms with Crippen LogP contribution in [0.3, 0.4) is 0 Å². The normalized spacial score (nSPS) is 25.1. The molecule has 2 atom stereocenters. The van der Waals surface area contributed by atoms with E-state index in [4.69, 9.17) is 0 Å². The number of amides is 2. The van der Waals surface area contributed by atoms with Crippen molar-refractivity contribution >= 4 is 17.8 Å². The van der Waals surface area contributed by atoms with Crippen LogP contribution >= 0.6 is 0 Å². The number of carboxylic acids is 1. The van der Waals surface area contributed by atoms with Crippen molar-refractivity contribution in [2.45, 2.75) is 40.0 Å². The predicted octanol–water partition coefficient (Wildman–Crippen LogP) is 1.11. The zero-order valence-electron chi connectivity index (χ0n) is 13.6. The van der Waals surface area contributed by atoms with Crippen molar-refractivity contribution in [3.63, 3.8) is 0 Å². The molecule has 6 nitrogen and oxygen atoms in total. The first-order chi connectivity index (χ1) is 10.2. The minimum absolute atomic E-state index is 0.0430. The maximum atomic E-state index is 12.2. The van der Waals surface area contributed by atoms with Crippen molar-refractivity contribution in [1.29, 1.82) is 0 Å². The number of nitrogens with one attached hydrogen (secondary N) is 1. The molecule has 1 saturated carbocycles. The van der Waals surface area contributed by atoms with Gasteiger partial charge in [-0.05, 0) is 30.1 Å². The summed E-state index contributed by atoms with van der Waals surface area (Å²) in [6.45, 7) is 6.63. The standard InChI is InChI=1S/C16H26N2O4/c1-16(2,3)6-13(19)17-7-14(20)18-8-11(10-4-5-10)12(9-18)15(21)22/h10-12H,4-9H2,1-3H3,(H,17,19)(H,21,22)/t11-,12+/m1/s1. The first kappa shape index (κ1) is 16.8. The average molecular weight is 310 g/mol. The van der Waals surface area contributed by atoms with Gasteiger partial charge >= 0.3 is 5.97 Å². The highest BCUT2D eigenvalue weighted by atomic mass is 16.4. The molecule has 1 aliphatic carbocycles. The van der Waals surface area contributed by atoms with E-state index in [1.54, 1.807) is 4.90 Å². The summed E-state index contributed by atoms with van der Waals surface area (Å²) in [5.41, 5.74) is -0.119. The van der Waals surface area contributed by atoms with E-state index in [9.17, 15) is 19.5 Å². The second kappa shape index (κ2) is 6.26. The third-order valence-corrected chi connectivity index (χ3v) is 4.39. The molecule has 0 spiro atoms. The van der Waals surface area contributed by atoms with Gasteiger partial charge in [-0.1, -0.05) is 20.8 Å². The van der Waals surface area contributed by atoms with Crippen LogP contribution in [-0.4, -0.2) is 47.4 Å². The Morgan fingerprint density at radius 2 is 1.82 bits per heavy atom. The molecule has 0 unspecified atom stereocenters. The van der Waals surface area contributed by atoms with Gasteiger partial charge in [0.2, 0.25) is 11.8 Å². The van der Waals surface area contributed by atoms with E-state index in [2.05, 4.69) is 5.32 Å². The van der Waals surface area contributed by atoms with Crippen LogP contribution < -0.4 is 5.32 Å². The summed E-state index contributed by atoms with van der Waals surface area (Å²) in [6.07, 6.45) is 2.50. The molecule has 1 saturated heterocycles. The summed E-state index contributed by atoms with van der Waals surface area (Å²) in [4.78, 5) is 36.9. The Hall–Kier alpha value is -1.59. The lowest BCUT2D eigenvalue weighted by Crippen LogP contribution is -2.40. The number of carbonyl (C=O) groups excluding carboxylic acids is 2. The zero-order chi connectivity index (χ0) is 16.5. The van der Waals surface area contributed by atoms with Crippen LogP contribution in [0.4, 0.5) is 0 Å². The van der Waals surface area contributed by atoms with Gasteiger partial charge in [0.1, 0.15) is 0 Å². The molecule has 2 N–H and O–H groups in total. The lowest BCUT2D eigenvalue weighted by Gasteiger charge is -2.19. The van der Waals surface area contributed by atoms with E-state index in [0.717, 1.165) is 12.8 Å². The molecule has 2 rings (SSSR count). The number of likely N-dealkylation sites (tertiary alicyclic amines) is 1. The Morgan fingerprint density at radius 3 is 2.32 bits per heavy atom. The molecule has 2 aliphatic rings. The Bertz CT molecular complexity index is 465. The number of hydrogen-bond donors (Lipinski definition) is 2. The molecule has 0 bridgehead atoms. The number of nitrogens with zero attached hydrogens (tertiary/aromatic N) is 1. The average Bonchev–Trinajstić information content (AvgIpc) is 3.12. The fourth-order valence-corrected chi connectivity index (χ4v) is 3.13. The van der Waals surface area contributed by atoms with E-state index >= 15 is 0 Å². The molecule has 6 heteroatoms. The van der Waals surface area contributed by atoms with Crippen molar-refractivity contribution in [3.8, 4) is 0 Å². The van der Waals surface area contributed by atoms with Crippen molar-refractivity contribution in [2.75, 3.05) is 19.6 Å². The van der Waals surface area contributed by atoms with Gasteiger partial charge in [0.25, 0.3) is 0 Å². The van der Waals surface area contributed by atoms with Crippen LogP contribution in [0, 0.1) is 23.2 Å². The summed E-state index contributed by atoms with van der Waals surface area (Å²) in [6, 6.07) is 0. The number of carbonyl (C=O) groups is 3. The maximum absolute atomic E-state index is 12.2. The quantitative estimate of drug-likeness (QED) is 0.796. The molecule has 2 fully saturated rings. The van der Waals surface area contributed by atoms with Crippen LogP contribution in [0.1, 0.15) is 40.0 Å². The summed E-state index contributed by atoms with van der Waals surface area (Å²) >= 11 is 0. The van der Waals surface area contributed by atoms with E-state index < -0.39 is 11.9 Å². The third kappa shape index (κ3) is 4.45. The van der Waals surface area contributed by atoms with Crippen molar-refractivity contribution in [2.24, 2.45) is 23.2 Å². The monoisotopic (exact) mass is 310 g/mol. The summed E-state index contributed by atoms with van der Waals surface area (Å²) in [5, 5.41) is 11.9. The SMILES string of the molecule is CC(C)(C)CC(=O)NCC(=O)N1C[C@H](C(=O)O)[C@@H](C2CC2)C1. The van der Waals surface area contributed by atoms with E-state index in [0.29, 0.717) is 18.9 Å². The first-order valence-electron chi connectivity index (χ1n) is 7.94. The smallest absolute Gasteiger partial charge is 0.308 e. The first-order valence-corrected chi connectivity index (χ1v) is 7.94. The topological polar surface area (TPSA) is 86.7 Å². The van der Waals surface area contributed by atoms with Gasteiger partial charge in [0.05, 0.1) is 12.5 Å². The predicted molar refractivity (Wildman–Crippen MR) is 81.0 cm³/mol. The number of aliphatic carboxylic acids is 1. The van der Waals surface area contributed by atoms with Crippen LogP contribution in [0.25, 0.3) is 0 Å². The van der Waals surface area contributed by atoms with Crippen LogP contribution in [0.5, 0.6) is 0 Å². The molecular formula is C16H26N2O4. The van der Waals surface area contributed by atoms with Crippen LogP contribution in [0.15, 0.2) is 0 Å². The third-order valence-electron chi connectivity index (χ3n) is 4.39. The second-order valence-corrected chi connectivity index (χ2v) is 7.76. The minimum atomic E-state index is -0.816. The van der Waals surface area contributed by atoms with Gasteiger partial charge in [0.15, 0.2) is 0 Å². The fraction of sp³-hybridized carbons (Fsp3) is 0.812. The largest absolute Gasteiger partial charge is 0.481 e. The Morgan fingerprint density at radius 1 is 1.18 bits per heavy atom. The number of carboxylic acid groups (broad SMARTS) is 1. The summed E-state index contributed by atoms with van der Waals surface area (Å²) < 4.78 is 0. The van der Waals surface area contributed by atoms with E-state index in [-0.39, 0.29) is 36.2 Å². The van der Waals surface area contributed by atoms with E-state index in [1.165, 1.54) is 0 Å². The maximum Gasteiger partial charge on any atom is 0.308 e. The van der Waals surface area contributed by atoms with Crippen molar-refractivity contribution < 1.29 is 19.5 Å². The highest BCUT2D eigenvalue weighted by molar-refractivity contribution is 5.85. The van der Waals surface area contributed by atoms with Gasteiger partial charge in [-0.3, -0.25) is 14.4 Å². The summed E-state index contributed by atoms with van der Waals surface area (Å²) in [5.74, 6) is -1.07. The van der Waals surface area contributed by atoms with Gasteiger partial charge in [-0.2, -0.15) is 0 Å². The molecule has 2 amide bonds. The molecule has 22 heavy (non-hydrogen) atoms. The van der Waals surface area contributed by atoms with Crippen LogP contribution in [-0.2, 0) is 14.4 Å². The van der Waals surface area contributed by atoms with Gasteiger partial charge < -0.3 is 15.3 Å². The molecular weight excluding hydrogens is 284 g/mol. The molecule has 0 aromatic rings. The van der Waals surface area contributed by atoms with Crippen molar-refractivity contribution in [3.05, 3.63) is 0 Å². The highest BCUT2D eigenvalue weighted by Gasteiger charge is 2.46. The number of hydrogen-bond acceptors (Lipinski definition) is 3. The van der Waals surface area contributed by atoms with Gasteiger partial charge in [-0.25, -0.2) is 0 Å². The molecule has 0 radical (unpaired) electrons. The zero-order valence-corrected chi connectivity index (χ0v) is 13.6. The summed E-state index contributed by atoms with van der Waals surface area (Å²) in [7, 11) is 0.